The van der Waals surface area contributed by atoms with E-state index in [-0.39, 0.29) is 5.56 Å². The number of nitrogens with zero attached hydrogens (tertiary/aromatic N) is 3. The fourth-order valence-corrected chi connectivity index (χ4v) is 4.62. The quantitative estimate of drug-likeness (QED) is 0.572. The molecule has 6 heteroatoms. The first-order chi connectivity index (χ1) is 14.7. The van der Waals surface area contributed by atoms with Crippen molar-refractivity contribution in [3.8, 4) is 11.4 Å². The zero-order valence-corrected chi connectivity index (χ0v) is 16.5. The van der Waals surface area contributed by atoms with Gasteiger partial charge >= 0.3 is 0 Å². The molecule has 1 aliphatic heterocycles. The largest absolute Gasteiger partial charge is 0.487 e. The lowest BCUT2D eigenvalue weighted by Crippen LogP contribution is -2.20. The average Bonchev–Trinajstić information content (AvgIpc) is 3.46. The first-order valence-corrected chi connectivity index (χ1v) is 10.0. The minimum absolute atomic E-state index is 0.217. The van der Waals surface area contributed by atoms with Gasteiger partial charge in [0.25, 0.3) is 5.56 Å². The van der Waals surface area contributed by atoms with E-state index in [4.69, 9.17) is 4.74 Å². The van der Waals surface area contributed by atoms with Gasteiger partial charge in [-0.05, 0) is 23.3 Å². The predicted molar refractivity (Wildman–Crippen MR) is 116 cm³/mol. The lowest BCUT2D eigenvalue weighted by Gasteiger charge is -2.10. The number of nitrogens with one attached hydrogen (secondary N) is 1. The van der Waals surface area contributed by atoms with Crippen molar-refractivity contribution in [2.45, 2.75) is 19.1 Å². The number of ether oxygens (including phenoxy) is 1. The Balaban J connectivity index is 1.33. The van der Waals surface area contributed by atoms with E-state index in [2.05, 4.69) is 34.3 Å². The van der Waals surface area contributed by atoms with E-state index >= 15 is 0 Å². The van der Waals surface area contributed by atoms with Gasteiger partial charge in [-0.1, -0.05) is 36.4 Å². The molecule has 2 bridgehead atoms. The summed E-state index contributed by atoms with van der Waals surface area (Å²) in [7, 11) is 2.09. The average molecular weight is 396 g/mol. The lowest BCUT2D eigenvalue weighted by molar-refractivity contribution is 0.303. The fraction of sp³-hybridized carbons (Fsp3) is 0.167. The Bertz CT molecular complexity index is 1380. The van der Waals surface area contributed by atoms with Crippen molar-refractivity contribution in [3.05, 3.63) is 94.2 Å². The van der Waals surface area contributed by atoms with Gasteiger partial charge in [-0.15, -0.1) is 0 Å². The summed E-state index contributed by atoms with van der Waals surface area (Å²) in [4.78, 5) is 12.7. The molecular formula is C24H20N4O2. The van der Waals surface area contributed by atoms with E-state index in [1.807, 2.05) is 42.5 Å². The van der Waals surface area contributed by atoms with Gasteiger partial charge in [0.2, 0.25) is 0 Å². The van der Waals surface area contributed by atoms with E-state index in [9.17, 15) is 4.79 Å². The van der Waals surface area contributed by atoms with E-state index < -0.39 is 0 Å². The van der Waals surface area contributed by atoms with Crippen LogP contribution in [0, 0.1) is 0 Å². The van der Waals surface area contributed by atoms with E-state index in [1.165, 1.54) is 33.0 Å². The summed E-state index contributed by atoms with van der Waals surface area (Å²) < 4.78 is 9.37. The number of aryl methyl sites for hydroxylation is 1. The minimum Gasteiger partial charge on any atom is -0.487 e. The van der Waals surface area contributed by atoms with Crippen molar-refractivity contribution in [1.29, 1.82) is 0 Å². The van der Waals surface area contributed by atoms with Crippen LogP contribution in [0.5, 0.6) is 5.75 Å². The van der Waals surface area contributed by atoms with Crippen LogP contribution in [-0.4, -0.2) is 14.3 Å². The molecule has 4 aromatic rings. The molecule has 1 N–H and O–H groups in total. The van der Waals surface area contributed by atoms with Gasteiger partial charge in [0.1, 0.15) is 12.4 Å². The third kappa shape index (κ3) is 2.50. The Labute approximate surface area is 173 Å². The Morgan fingerprint density at radius 1 is 1.17 bits per heavy atom. The van der Waals surface area contributed by atoms with Crippen LogP contribution in [0.15, 0.2) is 71.8 Å². The first-order valence-electron chi connectivity index (χ1n) is 10.0. The highest BCUT2D eigenvalue weighted by Gasteiger charge is 2.35. The molecule has 2 aromatic carbocycles. The number of aromatic nitrogens is 3. The Morgan fingerprint density at radius 3 is 2.87 bits per heavy atom. The highest BCUT2D eigenvalue weighted by atomic mass is 16.5. The summed E-state index contributed by atoms with van der Waals surface area (Å²) >= 11 is 0. The second-order valence-corrected chi connectivity index (χ2v) is 7.83. The summed E-state index contributed by atoms with van der Waals surface area (Å²) in [5, 5.41) is 9.02. The maximum atomic E-state index is 12.7. The van der Waals surface area contributed by atoms with Gasteiger partial charge in [-0.25, -0.2) is 0 Å². The summed E-state index contributed by atoms with van der Waals surface area (Å²) in [5.74, 6) is 0.466. The number of rotatable bonds is 4. The Hall–Kier alpha value is -3.80. The molecule has 3 heterocycles. The smallest absolute Gasteiger partial charge is 0.275 e. The standard InChI is InChI=1S/C24H20N4O2/c1-27-21-10-17(7-8-19(21)23-20-9-16(12-25-20)24(23)27)28-22(29)11-18(13-26-28)30-14-15-5-3-2-4-6-15/h2-8,10-13,20,25H,9,14H2,1H3. The maximum Gasteiger partial charge on any atom is 0.275 e. The predicted octanol–water partition coefficient (Wildman–Crippen LogP) is 3.69. The molecule has 0 spiro atoms. The zero-order valence-electron chi connectivity index (χ0n) is 16.5. The molecule has 148 valence electrons. The van der Waals surface area contributed by atoms with Crippen LogP contribution in [-0.2, 0) is 13.7 Å². The Morgan fingerprint density at radius 2 is 2.03 bits per heavy atom. The third-order valence-electron chi connectivity index (χ3n) is 6.03. The van der Waals surface area contributed by atoms with Crippen LogP contribution in [0.4, 0.5) is 0 Å². The molecule has 30 heavy (non-hydrogen) atoms. The number of fused-ring (bicyclic) bond motifs is 7. The zero-order chi connectivity index (χ0) is 20.2. The summed E-state index contributed by atoms with van der Waals surface area (Å²) in [6.07, 6.45) is 4.77. The van der Waals surface area contributed by atoms with Crippen molar-refractivity contribution in [1.82, 2.24) is 19.7 Å². The normalized spacial score (nSPS) is 16.4. The van der Waals surface area contributed by atoms with Crippen molar-refractivity contribution in [2.24, 2.45) is 7.05 Å². The van der Waals surface area contributed by atoms with E-state index in [1.54, 1.807) is 6.20 Å². The molecule has 0 saturated carbocycles. The van der Waals surface area contributed by atoms with E-state index in [0.29, 0.717) is 18.4 Å². The minimum atomic E-state index is -0.217. The van der Waals surface area contributed by atoms with Gasteiger partial charge < -0.3 is 14.6 Å². The fourth-order valence-electron chi connectivity index (χ4n) is 4.62. The first kappa shape index (κ1) is 17.1. The molecule has 1 atom stereocenters. The molecule has 0 saturated heterocycles. The van der Waals surface area contributed by atoms with Crippen LogP contribution in [0.25, 0.3) is 22.2 Å². The molecule has 6 rings (SSSR count). The SMILES string of the molecule is Cn1c2c(c3ccc(-n4ncc(OCc5ccccc5)cc4=O)cc31)C1CC2=CN1. The monoisotopic (exact) mass is 396 g/mol. The van der Waals surface area contributed by atoms with Gasteiger partial charge in [0.15, 0.2) is 0 Å². The second kappa shape index (κ2) is 6.35. The van der Waals surface area contributed by atoms with Gasteiger partial charge in [-0.2, -0.15) is 9.78 Å². The van der Waals surface area contributed by atoms with Crippen LogP contribution < -0.4 is 15.6 Å². The molecule has 0 radical (unpaired) electrons. The van der Waals surface area contributed by atoms with Gasteiger partial charge in [0, 0.05) is 36.7 Å². The summed E-state index contributed by atoms with van der Waals surface area (Å²) in [6, 6.07) is 17.8. The summed E-state index contributed by atoms with van der Waals surface area (Å²) in [5.41, 5.74) is 6.70. The molecule has 2 aliphatic rings. The number of benzene rings is 2. The van der Waals surface area contributed by atoms with Gasteiger partial charge in [0.05, 0.1) is 29.1 Å². The van der Waals surface area contributed by atoms with E-state index in [0.717, 1.165) is 23.2 Å². The molecule has 1 unspecified atom stereocenters. The number of hydrogen-bond donors (Lipinski definition) is 1. The van der Waals surface area contributed by atoms with Crippen molar-refractivity contribution >= 4 is 16.5 Å². The lowest BCUT2D eigenvalue weighted by atomic mass is 10.1. The van der Waals surface area contributed by atoms with Crippen LogP contribution in [0.3, 0.4) is 0 Å². The molecular weight excluding hydrogens is 376 g/mol. The summed E-state index contributed by atoms with van der Waals surface area (Å²) in [6.45, 7) is 0.401. The topological polar surface area (TPSA) is 61.1 Å². The highest BCUT2D eigenvalue weighted by molar-refractivity contribution is 5.95. The highest BCUT2D eigenvalue weighted by Crippen LogP contribution is 2.48. The van der Waals surface area contributed by atoms with Gasteiger partial charge in [-0.3, -0.25) is 4.79 Å². The molecule has 6 nitrogen and oxygen atoms in total. The Kier molecular flexibility index (Phi) is 3.62. The van der Waals surface area contributed by atoms with Crippen LogP contribution >= 0.6 is 0 Å². The van der Waals surface area contributed by atoms with Crippen molar-refractivity contribution in [3.63, 3.8) is 0 Å². The molecule has 0 fully saturated rings. The van der Waals surface area contributed by atoms with Crippen molar-refractivity contribution < 1.29 is 4.74 Å². The van der Waals surface area contributed by atoms with Crippen LogP contribution in [0.1, 0.15) is 29.3 Å². The third-order valence-corrected chi connectivity index (χ3v) is 6.03. The van der Waals surface area contributed by atoms with Crippen molar-refractivity contribution in [2.75, 3.05) is 0 Å². The molecule has 0 amide bonds. The maximum absolute atomic E-state index is 12.7. The molecule has 2 aromatic heterocycles. The van der Waals surface area contributed by atoms with Crippen LogP contribution in [0.2, 0.25) is 0 Å². The second-order valence-electron chi connectivity index (χ2n) is 7.83. The molecule has 1 aliphatic carbocycles. The number of hydrogen-bond acceptors (Lipinski definition) is 4.